The highest BCUT2D eigenvalue weighted by Crippen LogP contribution is 2.30. The molecule has 0 aromatic rings. The Labute approximate surface area is 163 Å². The zero-order valence-electron chi connectivity index (χ0n) is 16.0. The summed E-state index contributed by atoms with van der Waals surface area (Å²) in [5, 5.41) is 0. The molecule has 0 spiro atoms. The minimum absolute atomic E-state index is 0.0202. The average molecular weight is 488 g/mol. The van der Waals surface area contributed by atoms with Gasteiger partial charge >= 0.3 is 0 Å². The summed E-state index contributed by atoms with van der Waals surface area (Å²) in [6, 6.07) is 7.01. The number of hydrogen-bond donors (Lipinski definition) is 0. The molecule has 0 bridgehead atoms. The summed E-state index contributed by atoms with van der Waals surface area (Å²) in [6.07, 6.45) is 2.25. The van der Waals surface area contributed by atoms with Gasteiger partial charge in [-0.2, -0.15) is 0 Å². The van der Waals surface area contributed by atoms with Crippen molar-refractivity contribution < 1.29 is 8.85 Å². The van der Waals surface area contributed by atoms with Crippen molar-refractivity contribution in [1.29, 1.82) is 0 Å². The zero-order valence-corrected chi connectivity index (χ0v) is 21.2. The van der Waals surface area contributed by atoms with Gasteiger partial charge in [-0.1, -0.05) is 41.5 Å². The van der Waals surface area contributed by atoms with Gasteiger partial charge in [-0.3, -0.25) is 0 Å². The summed E-state index contributed by atoms with van der Waals surface area (Å²) in [4.78, 5) is 0. The molecule has 0 N–H and O–H groups in total. The van der Waals surface area contributed by atoms with Gasteiger partial charge in [0, 0.05) is 0 Å². The SMILES string of the molecule is CC[Si](CC)(CC)O[C@H](C)[C@@H](C=C(Br)Br)O[Si](CC)(CC)CC. The van der Waals surface area contributed by atoms with E-state index >= 15 is 0 Å². The van der Waals surface area contributed by atoms with E-state index in [9.17, 15) is 0 Å². The Balaban J connectivity index is 5.36. The molecule has 2 nitrogen and oxygen atoms in total. The molecular weight excluding hydrogens is 452 g/mol. The molecule has 0 saturated heterocycles. The molecule has 23 heavy (non-hydrogen) atoms. The predicted molar refractivity (Wildman–Crippen MR) is 116 cm³/mol. The Morgan fingerprint density at radius 2 is 1.13 bits per heavy atom. The molecule has 0 fully saturated rings. The van der Waals surface area contributed by atoms with Gasteiger partial charge in [-0.25, -0.2) is 0 Å². The molecule has 2 atom stereocenters. The van der Waals surface area contributed by atoms with Crippen LogP contribution in [0.4, 0.5) is 0 Å². The van der Waals surface area contributed by atoms with Crippen LogP contribution in [0.25, 0.3) is 0 Å². The summed E-state index contributed by atoms with van der Waals surface area (Å²) in [5.41, 5.74) is 0. The Morgan fingerprint density at radius 1 is 0.783 bits per heavy atom. The van der Waals surface area contributed by atoms with Crippen LogP contribution in [-0.2, 0) is 8.85 Å². The molecule has 0 aliphatic rings. The van der Waals surface area contributed by atoms with E-state index < -0.39 is 16.6 Å². The lowest BCUT2D eigenvalue weighted by Gasteiger charge is -2.38. The summed E-state index contributed by atoms with van der Waals surface area (Å²) >= 11 is 7.03. The largest absolute Gasteiger partial charge is 0.411 e. The lowest BCUT2D eigenvalue weighted by atomic mass is 10.2. The Hall–Kier alpha value is 1.05. The zero-order chi connectivity index (χ0) is 18.1. The summed E-state index contributed by atoms with van der Waals surface area (Å²) < 4.78 is 14.4. The first-order chi connectivity index (χ1) is 10.8. The molecule has 0 heterocycles. The molecule has 0 aliphatic carbocycles. The minimum atomic E-state index is -1.67. The second-order valence-electron chi connectivity index (χ2n) is 6.35. The van der Waals surface area contributed by atoms with Crippen LogP contribution in [0.3, 0.4) is 0 Å². The molecule has 0 radical (unpaired) electrons. The Bertz CT molecular complexity index is 336. The lowest BCUT2D eigenvalue weighted by Crippen LogP contribution is -2.47. The van der Waals surface area contributed by atoms with Crippen molar-refractivity contribution in [3.63, 3.8) is 0 Å². The van der Waals surface area contributed by atoms with Crippen LogP contribution < -0.4 is 0 Å². The molecule has 0 aromatic heterocycles. The second-order valence-corrected chi connectivity index (χ2v) is 18.6. The number of halogens is 2. The van der Waals surface area contributed by atoms with Crippen LogP contribution in [0.5, 0.6) is 0 Å². The van der Waals surface area contributed by atoms with Crippen LogP contribution in [0.15, 0.2) is 9.47 Å². The van der Waals surface area contributed by atoms with E-state index in [1.807, 2.05) is 0 Å². The molecule has 0 saturated carbocycles. The van der Waals surface area contributed by atoms with Gasteiger partial charge in [-0.05, 0) is 81.1 Å². The van der Waals surface area contributed by atoms with E-state index in [-0.39, 0.29) is 12.2 Å². The Morgan fingerprint density at radius 3 is 1.43 bits per heavy atom. The third-order valence-corrected chi connectivity index (χ3v) is 15.3. The maximum absolute atomic E-state index is 6.74. The highest BCUT2D eigenvalue weighted by Gasteiger charge is 2.37. The summed E-state index contributed by atoms with van der Waals surface area (Å²) in [6.45, 7) is 15.9. The van der Waals surface area contributed by atoms with E-state index in [2.05, 4.69) is 86.4 Å². The van der Waals surface area contributed by atoms with E-state index in [1.165, 1.54) is 18.1 Å². The quantitative estimate of drug-likeness (QED) is 0.266. The van der Waals surface area contributed by atoms with Gasteiger partial charge in [0.25, 0.3) is 0 Å². The third-order valence-electron chi connectivity index (χ3n) is 5.44. The highest BCUT2D eigenvalue weighted by molar-refractivity contribution is 9.28. The molecule has 6 heteroatoms. The minimum Gasteiger partial charge on any atom is -0.411 e. The molecular formula is C17H36Br2O2Si2. The van der Waals surface area contributed by atoms with Crippen molar-refractivity contribution in [1.82, 2.24) is 0 Å². The van der Waals surface area contributed by atoms with Gasteiger partial charge in [0.2, 0.25) is 0 Å². The predicted octanol–water partition coefficient (Wildman–Crippen LogP) is 7.42. The molecule has 0 aromatic carbocycles. The maximum Gasteiger partial charge on any atom is 0.193 e. The second kappa shape index (κ2) is 11.6. The number of hydrogen-bond acceptors (Lipinski definition) is 2. The first-order valence-corrected chi connectivity index (χ1v) is 15.8. The van der Waals surface area contributed by atoms with Gasteiger partial charge < -0.3 is 8.85 Å². The first kappa shape index (κ1) is 24.1. The van der Waals surface area contributed by atoms with E-state index in [0.29, 0.717) is 0 Å². The Kier molecular flexibility index (Phi) is 12.2. The van der Waals surface area contributed by atoms with Crippen LogP contribution >= 0.6 is 31.9 Å². The molecule has 138 valence electrons. The van der Waals surface area contributed by atoms with Gasteiger partial charge in [0.05, 0.1) is 15.6 Å². The first-order valence-electron chi connectivity index (χ1n) is 9.15. The average Bonchev–Trinajstić information content (AvgIpc) is 2.56. The molecule has 0 aliphatic heterocycles. The van der Waals surface area contributed by atoms with Crippen LogP contribution in [0, 0.1) is 0 Å². The van der Waals surface area contributed by atoms with Gasteiger partial charge in [0.15, 0.2) is 16.6 Å². The van der Waals surface area contributed by atoms with Crippen molar-refractivity contribution in [2.24, 2.45) is 0 Å². The lowest BCUT2D eigenvalue weighted by molar-refractivity contribution is 0.0798. The van der Waals surface area contributed by atoms with Crippen LogP contribution in [0.2, 0.25) is 36.3 Å². The topological polar surface area (TPSA) is 18.5 Å². The van der Waals surface area contributed by atoms with Crippen molar-refractivity contribution >= 4 is 48.5 Å². The fraction of sp³-hybridized carbons (Fsp3) is 0.882. The van der Waals surface area contributed by atoms with E-state index in [0.717, 1.165) is 21.5 Å². The fourth-order valence-corrected chi connectivity index (χ4v) is 9.42. The molecule has 0 rings (SSSR count). The fourth-order valence-electron chi connectivity index (χ4n) is 3.14. The number of rotatable bonds is 12. The summed E-state index contributed by atoms with van der Waals surface area (Å²) in [5.74, 6) is 0. The smallest absolute Gasteiger partial charge is 0.193 e. The van der Waals surface area contributed by atoms with Crippen molar-refractivity contribution in [2.45, 2.75) is 96.9 Å². The van der Waals surface area contributed by atoms with Crippen LogP contribution in [0.1, 0.15) is 48.5 Å². The van der Waals surface area contributed by atoms with Crippen molar-refractivity contribution in [2.75, 3.05) is 0 Å². The van der Waals surface area contributed by atoms with Gasteiger partial charge in [0.1, 0.15) is 0 Å². The van der Waals surface area contributed by atoms with E-state index in [4.69, 9.17) is 8.85 Å². The van der Waals surface area contributed by atoms with Crippen molar-refractivity contribution in [3.8, 4) is 0 Å². The van der Waals surface area contributed by atoms with Crippen LogP contribution in [-0.4, -0.2) is 28.8 Å². The standard InChI is InChI=1S/C17H36Br2O2Si2/c1-8-22(9-2,10-3)20-15(7)16(14-17(18)19)21-23(11-4,12-5)13-6/h14-16H,8-13H2,1-7H3/t15-,16-/m1/s1. The maximum atomic E-state index is 6.74. The normalized spacial score (nSPS) is 15.3. The van der Waals surface area contributed by atoms with Crippen molar-refractivity contribution in [3.05, 3.63) is 9.47 Å². The molecule has 0 amide bonds. The monoisotopic (exact) mass is 486 g/mol. The summed E-state index contributed by atoms with van der Waals surface area (Å²) in [7, 11) is -3.29. The highest BCUT2D eigenvalue weighted by atomic mass is 79.9. The molecule has 0 unspecified atom stereocenters. The van der Waals surface area contributed by atoms with Gasteiger partial charge in [-0.15, -0.1) is 0 Å². The third kappa shape index (κ3) is 7.44. The van der Waals surface area contributed by atoms with E-state index in [1.54, 1.807) is 0 Å².